The van der Waals surface area contributed by atoms with E-state index in [1.54, 1.807) is 0 Å². The van der Waals surface area contributed by atoms with Gasteiger partial charge in [-0.15, -0.1) is 0 Å². The van der Waals surface area contributed by atoms with E-state index in [0.717, 1.165) is 62.0 Å². The van der Waals surface area contributed by atoms with Crippen LogP contribution in [0.25, 0.3) is 0 Å². The van der Waals surface area contributed by atoms with Crippen LogP contribution in [0.15, 0.2) is 22.7 Å². The lowest BCUT2D eigenvalue weighted by molar-refractivity contribution is -0.137. The van der Waals surface area contributed by atoms with Crippen LogP contribution in [-0.4, -0.2) is 37.0 Å². The fraction of sp³-hybridized carbons (Fsp3) is 0.556. The van der Waals surface area contributed by atoms with Gasteiger partial charge in [-0.3, -0.25) is 4.79 Å². The van der Waals surface area contributed by atoms with Crippen molar-refractivity contribution >= 4 is 27.5 Å². The van der Waals surface area contributed by atoms with Crippen molar-refractivity contribution in [2.45, 2.75) is 32.1 Å². The van der Waals surface area contributed by atoms with Gasteiger partial charge in [0.25, 0.3) is 0 Å². The normalized spacial score (nSPS) is 19.5. The number of anilines is 1. The van der Waals surface area contributed by atoms with Crippen molar-refractivity contribution in [2.75, 3.05) is 31.1 Å². The maximum absolute atomic E-state index is 12.6. The summed E-state index contributed by atoms with van der Waals surface area (Å²) in [5, 5.41) is 8.96. The van der Waals surface area contributed by atoms with Crippen LogP contribution in [0.4, 0.5) is 5.69 Å². The zero-order valence-corrected chi connectivity index (χ0v) is 14.9. The molecule has 2 aliphatic heterocycles. The summed E-state index contributed by atoms with van der Waals surface area (Å²) in [7, 11) is 0. The van der Waals surface area contributed by atoms with Gasteiger partial charge in [0, 0.05) is 36.6 Å². The monoisotopic (exact) mass is 375 g/mol. The molecule has 2 fully saturated rings. The second-order valence-corrected chi connectivity index (χ2v) is 7.28. The standard InChI is InChI=1S/C18H22BrN3O/c19-16-12-14(13-20)4-5-17(16)21-10-6-15(7-11-21)18(23)22-8-2-1-3-9-22/h4-5,12,15H,1-3,6-11H2. The molecule has 0 spiro atoms. The Kier molecular flexibility index (Phi) is 5.22. The second kappa shape index (κ2) is 7.35. The van der Waals surface area contributed by atoms with Crippen molar-refractivity contribution in [3.8, 4) is 6.07 Å². The quantitative estimate of drug-likeness (QED) is 0.793. The van der Waals surface area contributed by atoms with E-state index in [1.165, 1.54) is 6.42 Å². The number of nitriles is 1. The van der Waals surface area contributed by atoms with Crippen molar-refractivity contribution in [2.24, 2.45) is 5.92 Å². The van der Waals surface area contributed by atoms with Crippen LogP contribution in [0, 0.1) is 17.2 Å². The van der Waals surface area contributed by atoms with Crippen molar-refractivity contribution in [1.29, 1.82) is 5.26 Å². The molecule has 0 saturated carbocycles. The Morgan fingerprint density at radius 3 is 2.43 bits per heavy atom. The lowest BCUT2D eigenvalue weighted by atomic mass is 9.94. The van der Waals surface area contributed by atoms with Gasteiger partial charge in [0.2, 0.25) is 5.91 Å². The molecule has 5 heteroatoms. The molecule has 1 aromatic carbocycles. The highest BCUT2D eigenvalue weighted by molar-refractivity contribution is 9.10. The third-order valence-electron chi connectivity index (χ3n) is 4.93. The predicted molar refractivity (Wildman–Crippen MR) is 94.2 cm³/mol. The molecule has 0 unspecified atom stereocenters. The Morgan fingerprint density at radius 1 is 1.13 bits per heavy atom. The topological polar surface area (TPSA) is 47.3 Å². The maximum Gasteiger partial charge on any atom is 0.225 e. The van der Waals surface area contributed by atoms with Crippen LogP contribution in [-0.2, 0) is 4.79 Å². The van der Waals surface area contributed by atoms with Gasteiger partial charge in [0.15, 0.2) is 0 Å². The number of likely N-dealkylation sites (tertiary alicyclic amines) is 1. The Hall–Kier alpha value is -1.54. The molecule has 4 nitrogen and oxygen atoms in total. The Morgan fingerprint density at radius 2 is 1.83 bits per heavy atom. The van der Waals surface area contributed by atoms with Crippen LogP contribution in [0.5, 0.6) is 0 Å². The van der Waals surface area contributed by atoms with E-state index in [2.05, 4.69) is 31.8 Å². The van der Waals surface area contributed by atoms with Crippen molar-refractivity contribution in [1.82, 2.24) is 4.90 Å². The minimum absolute atomic E-state index is 0.182. The third-order valence-corrected chi connectivity index (χ3v) is 5.56. The third kappa shape index (κ3) is 3.69. The Bertz CT molecular complexity index is 611. The molecule has 0 bridgehead atoms. The summed E-state index contributed by atoms with van der Waals surface area (Å²) in [5.41, 5.74) is 1.78. The number of benzene rings is 1. The molecule has 0 aliphatic carbocycles. The molecular formula is C18H22BrN3O. The zero-order valence-electron chi connectivity index (χ0n) is 13.3. The van der Waals surface area contributed by atoms with Gasteiger partial charge in [-0.1, -0.05) is 0 Å². The summed E-state index contributed by atoms with van der Waals surface area (Å²) >= 11 is 3.56. The highest BCUT2D eigenvalue weighted by Crippen LogP contribution is 2.31. The first-order valence-electron chi connectivity index (χ1n) is 8.42. The number of hydrogen-bond donors (Lipinski definition) is 0. The Labute approximate surface area is 146 Å². The number of hydrogen-bond acceptors (Lipinski definition) is 3. The van der Waals surface area contributed by atoms with E-state index in [1.807, 2.05) is 18.2 Å². The number of nitrogens with zero attached hydrogens (tertiary/aromatic N) is 3. The molecule has 1 aromatic rings. The molecule has 0 N–H and O–H groups in total. The SMILES string of the molecule is N#Cc1ccc(N2CCC(C(=O)N3CCCCC3)CC2)c(Br)c1. The van der Waals surface area contributed by atoms with E-state index in [4.69, 9.17) is 5.26 Å². The average Bonchev–Trinajstić information content (AvgIpc) is 2.62. The first-order chi connectivity index (χ1) is 11.2. The highest BCUT2D eigenvalue weighted by atomic mass is 79.9. The fourth-order valence-electron chi connectivity index (χ4n) is 3.57. The number of halogens is 1. The number of rotatable bonds is 2. The van der Waals surface area contributed by atoms with Gasteiger partial charge in [0.05, 0.1) is 17.3 Å². The van der Waals surface area contributed by atoms with Gasteiger partial charge in [-0.2, -0.15) is 5.26 Å². The van der Waals surface area contributed by atoms with Crippen LogP contribution >= 0.6 is 15.9 Å². The van der Waals surface area contributed by atoms with Crippen molar-refractivity contribution < 1.29 is 4.79 Å². The van der Waals surface area contributed by atoms with Crippen LogP contribution in [0.3, 0.4) is 0 Å². The smallest absolute Gasteiger partial charge is 0.225 e. The lowest BCUT2D eigenvalue weighted by Gasteiger charge is -2.36. The van der Waals surface area contributed by atoms with Crippen LogP contribution in [0.2, 0.25) is 0 Å². The van der Waals surface area contributed by atoms with Crippen LogP contribution < -0.4 is 4.90 Å². The van der Waals surface area contributed by atoms with Crippen LogP contribution in [0.1, 0.15) is 37.7 Å². The summed E-state index contributed by atoms with van der Waals surface area (Å²) in [6.07, 6.45) is 5.41. The maximum atomic E-state index is 12.6. The summed E-state index contributed by atoms with van der Waals surface area (Å²) < 4.78 is 0.956. The number of carbonyl (C=O) groups is 1. The summed E-state index contributed by atoms with van der Waals surface area (Å²) in [5.74, 6) is 0.546. The highest BCUT2D eigenvalue weighted by Gasteiger charge is 2.29. The van der Waals surface area contributed by atoms with Crippen molar-refractivity contribution in [3.05, 3.63) is 28.2 Å². The van der Waals surface area contributed by atoms with Gasteiger partial charge in [0.1, 0.15) is 0 Å². The minimum Gasteiger partial charge on any atom is -0.371 e. The molecule has 0 radical (unpaired) electrons. The molecular weight excluding hydrogens is 354 g/mol. The fourth-order valence-corrected chi connectivity index (χ4v) is 4.20. The molecule has 2 heterocycles. The molecule has 0 aromatic heterocycles. The first kappa shape index (κ1) is 16.3. The largest absolute Gasteiger partial charge is 0.371 e. The van der Waals surface area contributed by atoms with E-state index >= 15 is 0 Å². The van der Waals surface area contributed by atoms with Gasteiger partial charge in [-0.25, -0.2) is 0 Å². The zero-order chi connectivity index (χ0) is 16.2. The van der Waals surface area contributed by atoms with Crippen molar-refractivity contribution in [3.63, 3.8) is 0 Å². The number of carbonyl (C=O) groups excluding carboxylic acids is 1. The van der Waals surface area contributed by atoms with E-state index in [9.17, 15) is 4.79 Å². The predicted octanol–water partition coefficient (Wildman–Crippen LogP) is 3.55. The van der Waals surface area contributed by atoms with E-state index in [0.29, 0.717) is 11.5 Å². The summed E-state index contributed by atoms with van der Waals surface area (Å²) in [4.78, 5) is 17.0. The molecule has 2 aliphatic rings. The summed E-state index contributed by atoms with van der Waals surface area (Å²) in [6.45, 7) is 3.68. The van der Waals surface area contributed by atoms with E-state index in [-0.39, 0.29) is 5.92 Å². The average molecular weight is 376 g/mol. The summed E-state index contributed by atoms with van der Waals surface area (Å²) in [6, 6.07) is 7.87. The number of piperidine rings is 2. The van der Waals surface area contributed by atoms with Gasteiger partial charge in [-0.05, 0) is 66.2 Å². The first-order valence-corrected chi connectivity index (χ1v) is 9.22. The molecule has 2 saturated heterocycles. The van der Waals surface area contributed by atoms with E-state index < -0.39 is 0 Å². The molecule has 1 amide bonds. The Balaban J connectivity index is 1.60. The molecule has 23 heavy (non-hydrogen) atoms. The molecule has 0 atom stereocenters. The molecule has 122 valence electrons. The van der Waals surface area contributed by atoms with Gasteiger partial charge >= 0.3 is 0 Å². The second-order valence-electron chi connectivity index (χ2n) is 6.43. The van der Waals surface area contributed by atoms with Gasteiger partial charge < -0.3 is 9.80 Å². The lowest BCUT2D eigenvalue weighted by Crippen LogP contribution is -2.44. The molecule has 3 rings (SSSR count). The number of amides is 1. The minimum atomic E-state index is 0.182.